The van der Waals surface area contributed by atoms with Crippen LogP contribution in [0.25, 0.3) is 0 Å². The Kier molecular flexibility index (Phi) is 4.36. The zero-order chi connectivity index (χ0) is 17.4. The van der Waals surface area contributed by atoms with E-state index in [0.29, 0.717) is 30.0 Å². The lowest BCUT2D eigenvalue weighted by molar-refractivity contribution is 0.0235. The zero-order valence-electron chi connectivity index (χ0n) is 13.6. The lowest BCUT2D eigenvalue weighted by atomic mass is 9.74. The molecule has 5 nitrogen and oxygen atoms in total. The third-order valence-electron chi connectivity index (χ3n) is 5.00. The Bertz CT molecular complexity index is 805. The predicted octanol–water partition coefficient (Wildman–Crippen LogP) is 2.91. The summed E-state index contributed by atoms with van der Waals surface area (Å²) in [5, 5.41) is 13.1. The van der Waals surface area contributed by atoms with Gasteiger partial charge in [-0.25, -0.2) is 0 Å². The molecule has 0 saturated heterocycles. The van der Waals surface area contributed by atoms with E-state index in [1.807, 2.05) is 12.1 Å². The van der Waals surface area contributed by atoms with Gasteiger partial charge in [0.1, 0.15) is 5.75 Å². The van der Waals surface area contributed by atoms with Crippen molar-refractivity contribution in [1.29, 1.82) is 0 Å². The van der Waals surface area contributed by atoms with Gasteiger partial charge in [-0.1, -0.05) is 17.7 Å². The van der Waals surface area contributed by atoms with Crippen molar-refractivity contribution < 1.29 is 14.6 Å². The van der Waals surface area contributed by atoms with Gasteiger partial charge in [-0.15, -0.1) is 0 Å². The number of carbonyl (C=O) groups excluding carboxylic acids is 1. The third-order valence-corrected chi connectivity index (χ3v) is 5.30. The van der Waals surface area contributed by atoms with Crippen molar-refractivity contribution in [2.45, 2.75) is 31.4 Å². The second-order valence-electron chi connectivity index (χ2n) is 6.66. The van der Waals surface area contributed by atoms with E-state index in [-0.39, 0.29) is 24.0 Å². The number of amides is 1. The molecule has 4 rings (SSSR count). The fourth-order valence-corrected chi connectivity index (χ4v) is 3.76. The summed E-state index contributed by atoms with van der Waals surface area (Å²) >= 11 is 6.10. The number of pyridine rings is 1. The number of aliphatic hydroxyl groups is 1. The quantitative estimate of drug-likeness (QED) is 0.881. The highest BCUT2D eigenvalue weighted by Gasteiger charge is 2.36. The van der Waals surface area contributed by atoms with Gasteiger partial charge in [0.05, 0.1) is 29.3 Å². The van der Waals surface area contributed by atoms with E-state index in [0.717, 1.165) is 17.7 Å². The molecule has 2 aliphatic rings. The lowest BCUT2D eigenvalue weighted by Crippen LogP contribution is -2.41. The van der Waals surface area contributed by atoms with Crippen LogP contribution >= 0.6 is 11.6 Å². The van der Waals surface area contributed by atoms with Gasteiger partial charge in [0, 0.05) is 18.8 Å². The molecule has 1 aromatic carbocycles. The van der Waals surface area contributed by atoms with E-state index in [1.54, 1.807) is 12.3 Å². The normalized spacial score (nSPS) is 22.5. The molecule has 2 N–H and O–H groups in total. The topological polar surface area (TPSA) is 71.5 Å². The number of benzene rings is 1. The smallest absolute Gasteiger partial charge is 0.253 e. The van der Waals surface area contributed by atoms with Crippen molar-refractivity contribution in [2.75, 3.05) is 6.61 Å². The van der Waals surface area contributed by atoms with Gasteiger partial charge < -0.3 is 15.2 Å². The van der Waals surface area contributed by atoms with Gasteiger partial charge in [-0.3, -0.25) is 9.78 Å². The van der Waals surface area contributed by atoms with Crippen molar-refractivity contribution in [3.8, 4) is 5.75 Å². The number of halogens is 1. The molecule has 130 valence electrons. The Morgan fingerprint density at radius 1 is 1.36 bits per heavy atom. The molecule has 2 heterocycles. The van der Waals surface area contributed by atoms with Crippen molar-refractivity contribution in [1.82, 2.24) is 10.3 Å². The zero-order valence-corrected chi connectivity index (χ0v) is 14.4. The van der Waals surface area contributed by atoms with Crippen LogP contribution in [0.2, 0.25) is 5.02 Å². The lowest BCUT2D eigenvalue weighted by Gasteiger charge is -2.38. The molecule has 0 radical (unpaired) electrons. The Morgan fingerprint density at radius 2 is 2.20 bits per heavy atom. The molecule has 0 unspecified atom stereocenters. The Balaban J connectivity index is 1.61. The molecule has 1 aliphatic carbocycles. The first-order valence-electron chi connectivity index (χ1n) is 8.46. The highest BCUT2D eigenvalue weighted by Crippen LogP contribution is 2.40. The SMILES string of the molecule is O=C(N[C@@H](c1ccc2c(c1)CCO2)C1CC(O)C1)c1ccncc1Cl. The number of nitrogens with one attached hydrogen (secondary N) is 1. The van der Waals surface area contributed by atoms with Crippen molar-refractivity contribution >= 4 is 17.5 Å². The van der Waals surface area contributed by atoms with Crippen LogP contribution in [-0.4, -0.2) is 28.7 Å². The molecule has 1 amide bonds. The number of nitrogens with zero attached hydrogens (tertiary/aromatic N) is 1. The van der Waals surface area contributed by atoms with Crippen LogP contribution in [0.4, 0.5) is 0 Å². The Morgan fingerprint density at radius 3 is 2.96 bits per heavy atom. The van der Waals surface area contributed by atoms with Crippen molar-refractivity contribution in [3.05, 3.63) is 58.4 Å². The van der Waals surface area contributed by atoms with Gasteiger partial charge in [0.15, 0.2) is 0 Å². The van der Waals surface area contributed by atoms with E-state index in [1.165, 1.54) is 11.8 Å². The molecule has 1 aliphatic heterocycles. The number of fused-ring (bicyclic) bond motifs is 1. The summed E-state index contributed by atoms with van der Waals surface area (Å²) in [6, 6.07) is 7.51. The predicted molar refractivity (Wildman–Crippen MR) is 93.8 cm³/mol. The van der Waals surface area contributed by atoms with Crippen LogP contribution in [0.5, 0.6) is 5.75 Å². The largest absolute Gasteiger partial charge is 0.493 e. The Hall–Kier alpha value is -2.11. The number of aromatic nitrogens is 1. The molecule has 1 atom stereocenters. The molecular weight excluding hydrogens is 340 g/mol. The average Bonchev–Trinajstić information content (AvgIpc) is 3.05. The number of rotatable bonds is 4. The molecular formula is C19H19ClN2O3. The Labute approximate surface area is 151 Å². The van der Waals surface area contributed by atoms with E-state index in [2.05, 4.69) is 16.4 Å². The summed E-state index contributed by atoms with van der Waals surface area (Å²) in [6.45, 7) is 0.699. The van der Waals surface area contributed by atoms with Gasteiger partial charge in [0.2, 0.25) is 0 Å². The molecule has 0 spiro atoms. The minimum absolute atomic E-state index is 0.161. The number of hydrogen-bond acceptors (Lipinski definition) is 4. The van der Waals surface area contributed by atoms with Crippen LogP contribution in [0, 0.1) is 5.92 Å². The van der Waals surface area contributed by atoms with Gasteiger partial charge in [0.25, 0.3) is 5.91 Å². The second-order valence-corrected chi connectivity index (χ2v) is 7.06. The number of carbonyl (C=O) groups is 1. The molecule has 1 saturated carbocycles. The van der Waals surface area contributed by atoms with Crippen molar-refractivity contribution in [2.24, 2.45) is 5.92 Å². The number of aliphatic hydroxyl groups excluding tert-OH is 1. The van der Waals surface area contributed by atoms with Gasteiger partial charge in [-0.05, 0) is 48.1 Å². The summed E-state index contributed by atoms with van der Waals surface area (Å²) in [5.41, 5.74) is 2.62. The maximum Gasteiger partial charge on any atom is 0.253 e. The molecule has 1 aromatic heterocycles. The first kappa shape index (κ1) is 16.4. The molecule has 0 bridgehead atoms. The van der Waals surface area contributed by atoms with E-state index >= 15 is 0 Å². The molecule has 25 heavy (non-hydrogen) atoms. The van der Waals surface area contributed by atoms with E-state index < -0.39 is 0 Å². The van der Waals surface area contributed by atoms with Crippen LogP contribution in [0.1, 0.15) is 40.4 Å². The maximum atomic E-state index is 12.7. The van der Waals surface area contributed by atoms with Crippen molar-refractivity contribution in [3.63, 3.8) is 0 Å². The minimum atomic E-state index is -0.285. The van der Waals surface area contributed by atoms with Crippen LogP contribution in [0.3, 0.4) is 0 Å². The fraction of sp³-hybridized carbons (Fsp3) is 0.368. The van der Waals surface area contributed by atoms with E-state index in [4.69, 9.17) is 16.3 Å². The summed E-state index contributed by atoms with van der Waals surface area (Å²) < 4.78 is 5.57. The highest BCUT2D eigenvalue weighted by molar-refractivity contribution is 6.33. The molecule has 1 fully saturated rings. The third kappa shape index (κ3) is 3.22. The average molecular weight is 359 g/mol. The van der Waals surface area contributed by atoms with Gasteiger partial charge >= 0.3 is 0 Å². The summed E-state index contributed by atoms with van der Waals surface area (Å²) in [7, 11) is 0. The minimum Gasteiger partial charge on any atom is -0.493 e. The number of ether oxygens (including phenoxy) is 1. The maximum absolute atomic E-state index is 12.7. The summed E-state index contributed by atoms with van der Waals surface area (Å²) in [6.07, 6.45) is 4.98. The summed E-state index contributed by atoms with van der Waals surface area (Å²) in [5.74, 6) is 0.898. The fourth-order valence-electron chi connectivity index (χ4n) is 3.55. The molecule has 2 aromatic rings. The first-order chi connectivity index (χ1) is 12.1. The molecule has 6 heteroatoms. The standard InChI is InChI=1S/C19H19ClN2O3/c20-16-10-21-5-3-15(16)19(24)22-18(13-8-14(23)9-13)12-1-2-17-11(7-12)4-6-25-17/h1-3,5,7,10,13-14,18,23H,4,6,8-9H2,(H,22,24)/t13?,14?,18-/m0/s1. The van der Waals surface area contributed by atoms with E-state index in [9.17, 15) is 9.90 Å². The first-order valence-corrected chi connectivity index (χ1v) is 8.83. The summed E-state index contributed by atoms with van der Waals surface area (Å²) in [4.78, 5) is 16.6. The second kappa shape index (κ2) is 6.65. The van der Waals surface area contributed by atoms with Crippen LogP contribution < -0.4 is 10.1 Å². The van der Waals surface area contributed by atoms with Crippen LogP contribution in [-0.2, 0) is 6.42 Å². The van der Waals surface area contributed by atoms with Crippen LogP contribution in [0.15, 0.2) is 36.7 Å². The number of hydrogen-bond donors (Lipinski definition) is 2. The highest BCUT2D eigenvalue weighted by atomic mass is 35.5. The van der Waals surface area contributed by atoms with Gasteiger partial charge in [-0.2, -0.15) is 0 Å². The monoisotopic (exact) mass is 358 g/mol.